The van der Waals surface area contributed by atoms with E-state index in [1.54, 1.807) is 6.33 Å². The molecule has 7 nitrogen and oxygen atoms in total. The van der Waals surface area contributed by atoms with Crippen molar-refractivity contribution in [2.45, 2.75) is 19.9 Å². The first kappa shape index (κ1) is 14.0. The molecule has 0 atom stereocenters. The Bertz CT molecular complexity index is 654. The van der Waals surface area contributed by atoms with Gasteiger partial charge in [0.1, 0.15) is 11.8 Å². The van der Waals surface area contributed by atoms with Crippen molar-refractivity contribution in [1.82, 2.24) is 19.5 Å². The van der Waals surface area contributed by atoms with E-state index >= 15 is 0 Å². The summed E-state index contributed by atoms with van der Waals surface area (Å²) in [5.74, 6) is 0.646. The zero-order valence-electron chi connectivity index (χ0n) is 11.2. The fraction of sp³-hybridized carbons (Fsp3) is 0.385. The van der Waals surface area contributed by atoms with Gasteiger partial charge in [0.05, 0.1) is 25.4 Å². The predicted octanol–water partition coefficient (Wildman–Crippen LogP) is 1.09. The highest BCUT2D eigenvalue weighted by molar-refractivity contribution is 5.82. The van der Waals surface area contributed by atoms with E-state index < -0.39 is 0 Å². The number of hydrogen-bond acceptors (Lipinski definition) is 6. The zero-order valence-corrected chi connectivity index (χ0v) is 11.2. The average Bonchev–Trinajstić information content (AvgIpc) is 2.89. The number of nitrogens with zero attached hydrogens (tertiary/aromatic N) is 5. The predicted molar refractivity (Wildman–Crippen MR) is 74.9 cm³/mol. The fourth-order valence-corrected chi connectivity index (χ4v) is 1.73. The van der Waals surface area contributed by atoms with Crippen LogP contribution in [0.2, 0.25) is 0 Å². The summed E-state index contributed by atoms with van der Waals surface area (Å²) < 4.78 is 1.83. The summed E-state index contributed by atoms with van der Waals surface area (Å²) in [6.45, 7) is 3.02. The molecule has 0 saturated heterocycles. The van der Waals surface area contributed by atoms with Crippen LogP contribution < -0.4 is 5.32 Å². The lowest BCUT2D eigenvalue weighted by atomic mass is 10.3. The lowest BCUT2D eigenvalue weighted by Gasteiger charge is -2.04. The molecule has 0 fully saturated rings. The number of imidazole rings is 1. The van der Waals surface area contributed by atoms with Gasteiger partial charge in [-0.25, -0.2) is 15.0 Å². The third kappa shape index (κ3) is 3.10. The highest BCUT2D eigenvalue weighted by atomic mass is 16.3. The number of nitriles is 1. The first-order valence-electron chi connectivity index (χ1n) is 6.29. The molecule has 20 heavy (non-hydrogen) atoms. The molecule has 2 N–H and O–H groups in total. The van der Waals surface area contributed by atoms with Crippen molar-refractivity contribution in [2.75, 3.05) is 18.5 Å². The van der Waals surface area contributed by atoms with Crippen LogP contribution in [0.4, 0.5) is 5.82 Å². The third-order valence-electron chi connectivity index (χ3n) is 2.84. The molecule has 104 valence electrons. The number of rotatable bonds is 6. The number of aliphatic hydroxyl groups is 1. The Morgan fingerprint density at radius 1 is 1.50 bits per heavy atom. The van der Waals surface area contributed by atoms with E-state index in [-0.39, 0.29) is 6.61 Å². The normalized spacial score (nSPS) is 11.6. The average molecular weight is 272 g/mol. The molecule has 0 unspecified atom stereocenters. The van der Waals surface area contributed by atoms with Gasteiger partial charge >= 0.3 is 0 Å². The van der Waals surface area contributed by atoms with E-state index in [2.05, 4.69) is 26.3 Å². The summed E-state index contributed by atoms with van der Waals surface area (Å²) in [6.07, 6.45) is 5.44. The van der Waals surface area contributed by atoms with E-state index in [9.17, 15) is 0 Å². The van der Waals surface area contributed by atoms with Gasteiger partial charge in [-0.3, -0.25) is 0 Å². The van der Waals surface area contributed by atoms with Gasteiger partial charge < -0.3 is 15.0 Å². The van der Waals surface area contributed by atoms with Crippen LogP contribution in [0, 0.1) is 11.3 Å². The minimum Gasteiger partial charge on any atom is -0.392 e. The van der Waals surface area contributed by atoms with Crippen molar-refractivity contribution >= 4 is 17.0 Å². The Morgan fingerprint density at radius 3 is 3.10 bits per heavy atom. The number of aryl methyl sites for hydroxylation is 1. The molecule has 2 aromatic heterocycles. The maximum atomic E-state index is 8.93. The van der Waals surface area contributed by atoms with Crippen molar-refractivity contribution in [3.8, 4) is 6.07 Å². The van der Waals surface area contributed by atoms with E-state index in [1.807, 2.05) is 17.6 Å². The maximum Gasteiger partial charge on any atom is 0.165 e. The molecule has 2 heterocycles. The molecule has 0 bridgehead atoms. The second kappa shape index (κ2) is 6.63. The Morgan fingerprint density at radius 2 is 2.35 bits per heavy atom. The fourth-order valence-electron chi connectivity index (χ4n) is 1.73. The van der Waals surface area contributed by atoms with Crippen molar-refractivity contribution < 1.29 is 5.11 Å². The van der Waals surface area contributed by atoms with Gasteiger partial charge in [-0.1, -0.05) is 11.6 Å². The molecule has 0 aliphatic rings. The summed E-state index contributed by atoms with van der Waals surface area (Å²) in [6, 6.07) is 2.10. The Hall–Kier alpha value is -2.46. The first-order valence-corrected chi connectivity index (χ1v) is 6.29. The number of anilines is 1. The quantitative estimate of drug-likeness (QED) is 0.764. The maximum absolute atomic E-state index is 8.93. The van der Waals surface area contributed by atoms with Crippen LogP contribution in [0.25, 0.3) is 11.2 Å². The van der Waals surface area contributed by atoms with E-state index in [4.69, 9.17) is 10.4 Å². The Kier molecular flexibility index (Phi) is 4.63. The van der Waals surface area contributed by atoms with Crippen molar-refractivity contribution in [1.29, 1.82) is 5.26 Å². The molecule has 0 amide bonds. The lowest BCUT2D eigenvalue weighted by molar-refractivity contribution is 0.331. The zero-order chi connectivity index (χ0) is 14.4. The van der Waals surface area contributed by atoms with E-state index in [0.717, 1.165) is 5.57 Å². The van der Waals surface area contributed by atoms with Crippen LogP contribution in [0.1, 0.15) is 13.3 Å². The lowest BCUT2D eigenvalue weighted by Crippen LogP contribution is -2.04. The van der Waals surface area contributed by atoms with Crippen LogP contribution >= 0.6 is 0 Å². The molecular formula is C13H16N6O. The van der Waals surface area contributed by atoms with E-state index in [0.29, 0.717) is 36.5 Å². The number of fused-ring (bicyclic) bond motifs is 1. The van der Waals surface area contributed by atoms with Crippen LogP contribution in [-0.4, -0.2) is 37.8 Å². The second-order valence-electron chi connectivity index (χ2n) is 4.33. The van der Waals surface area contributed by atoms with Crippen LogP contribution in [0.3, 0.4) is 0 Å². The summed E-state index contributed by atoms with van der Waals surface area (Å²) in [5.41, 5.74) is 2.28. The summed E-state index contributed by atoms with van der Waals surface area (Å²) in [7, 11) is 0. The first-order chi connectivity index (χ1) is 9.76. The monoisotopic (exact) mass is 272 g/mol. The van der Waals surface area contributed by atoms with Crippen LogP contribution in [-0.2, 0) is 6.54 Å². The summed E-state index contributed by atoms with van der Waals surface area (Å²) >= 11 is 0. The van der Waals surface area contributed by atoms with Gasteiger partial charge in [0, 0.05) is 13.1 Å². The number of aromatic nitrogens is 4. The molecular weight excluding hydrogens is 256 g/mol. The minimum absolute atomic E-state index is 0.0453. The number of aliphatic hydroxyl groups excluding tert-OH is 1. The summed E-state index contributed by atoms with van der Waals surface area (Å²) in [4.78, 5) is 12.7. The molecule has 0 spiro atoms. The van der Waals surface area contributed by atoms with Crippen molar-refractivity contribution in [2.24, 2.45) is 0 Å². The molecule has 0 aliphatic heterocycles. The molecule has 7 heteroatoms. The van der Waals surface area contributed by atoms with Gasteiger partial charge in [0.2, 0.25) is 0 Å². The van der Waals surface area contributed by atoms with Crippen LogP contribution in [0.15, 0.2) is 24.3 Å². The molecule has 0 aromatic carbocycles. The highest BCUT2D eigenvalue weighted by Crippen LogP contribution is 2.17. The Balaban J connectivity index is 2.18. The highest BCUT2D eigenvalue weighted by Gasteiger charge is 2.08. The van der Waals surface area contributed by atoms with Gasteiger partial charge in [0.15, 0.2) is 11.5 Å². The molecule has 0 saturated carbocycles. The van der Waals surface area contributed by atoms with Gasteiger partial charge in [0.25, 0.3) is 0 Å². The molecule has 2 rings (SSSR count). The largest absolute Gasteiger partial charge is 0.392 e. The van der Waals surface area contributed by atoms with Crippen molar-refractivity contribution in [3.05, 3.63) is 24.3 Å². The molecule has 2 aromatic rings. The van der Waals surface area contributed by atoms with Gasteiger partial charge in [-0.05, 0) is 6.92 Å². The van der Waals surface area contributed by atoms with Gasteiger partial charge in [-0.2, -0.15) is 5.26 Å². The van der Waals surface area contributed by atoms with Crippen LogP contribution in [0.5, 0.6) is 0 Å². The Labute approximate surface area is 116 Å². The molecule has 0 aliphatic carbocycles. The second-order valence-corrected chi connectivity index (χ2v) is 4.33. The summed E-state index contributed by atoms with van der Waals surface area (Å²) in [5, 5.41) is 20.7. The third-order valence-corrected chi connectivity index (χ3v) is 2.84. The topological polar surface area (TPSA) is 99.7 Å². The van der Waals surface area contributed by atoms with Crippen molar-refractivity contribution in [3.63, 3.8) is 0 Å². The van der Waals surface area contributed by atoms with E-state index in [1.165, 1.54) is 6.33 Å². The molecule has 0 radical (unpaired) electrons. The smallest absolute Gasteiger partial charge is 0.165 e. The number of hydrogen-bond donors (Lipinski definition) is 2. The number of nitrogens with one attached hydrogen (secondary N) is 1. The standard InChI is InChI=1S/C13H16N6O/c1-10(7-20)3-5-15-12-11-13(17-8-16-12)19(9-18-11)6-2-4-14/h3,8-9,20H,2,5-7H2,1H3,(H,15,16,17)/b10-3-. The van der Waals surface area contributed by atoms with Gasteiger partial charge in [-0.15, -0.1) is 0 Å². The minimum atomic E-state index is 0.0453. The SMILES string of the molecule is C/C(=C/CNc1ncnc2c1ncn2CCC#N)CO.